The summed E-state index contributed by atoms with van der Waals surface area (Å²) in [6.07, 6.45) is 2.92. The summed E-state index contributed by atoms with van der Waals surface area (Å²) in [4.78, 5) is 11.1. The molecule has 2 aromatic rings. The first-order valence-corrected chi connectivity index (χ1v) is 8.20. The van der Waals surface area contributed by atoms with E-state index in [1.165, 1.54) is 0 Å². The molecule has 2 N–H and O–H groups in total. The fourth-order valence-corrected chi connectivity index (χ4v) is 3.05. The molecule has 0 spiro atoms. The van der Waals surface area contributed by atoms with Crippen LogP contribution in [0.25, 0.3) is 0 Å². The van der Waals surface area contributed by atoms with Crippen molar-refractivity contribution < 1.29 is 5.11 Å². The van der Waals surface area contributed by atoms with Gasteiger partial charge in [0.25, 0.3) is 0 Å². The van der Waals surface area contributed by atoms with Crippen LogP contribution < -0.4 is 10.2 Å². The van der Waals surface area contributed by atoms with E-state index in [-0.39, 0.29) is 6.10 Å². The number of aliphatic hydroxyl groups excluding tert-OH is 1. The number of nitrogens with one attached hydrogen (secondary N) is 1. The van der Waals surface area contributed by atoms with Crippen molar-refractivity contribution in [1.29, 1.82) is 0 Å². The zero-order valence-electron chi connectivity index (χ0n) is 13.7. The number of anilines is 3. The molecule has 0 amide bonds. The van der Waals surface area contributed by atoms with Crippen molar-refractivity contribution in [3.63, 3.8) is 0 Å². The quantitative estimate of drug-likeness (QED) is 0.888. The summed E-state index contributed by atoms with van der Waals surface area (Å²) < 4.78 is 0. The van der Waals surface area contributed by atoms with E-state index in [0.29, 0.717) is 11.9 Å². The Hall–Kier alpha value is -2.14. The molecular formula is C18H24N4O. The zero-order chi connectivity index (χ0) is 16.2. The number of aromatic nitrogens is 2. The summed E-state index contributed by atoms with van der Waals surface area (Å²) in [5.74, 6) is 1.81. The van der Waals surface area contributed by atoms with Crippen molar-refractivity contribution >= 4 is 17.5 Å². The highest BCUT2D eigenvalue weighted by Crippen LogP contribution is 2.26. The van der Waals surface area contributed by atoms with Gasteiger partial charge in [0.15, 0.2) is 0 Å². The van der Waals surface area contributed by atoms with Crippen LogP contribution in [0, 0.1) is 12.8 Å². The molecule has 1 fully saturated rings. The molecule has 0 bridgehead atoms. The third kappa shape index (κ3) is 3.79. The van der Waals surface area contributed by atoms with E-state index in [9.17, 15) is 5.11 Å². The Morgan fingerprint density at radius 2 is 2.00 bits per heavy atom. The molecule has 1 heterocycles. The monoisotopic (exact) mass is 312 g/mol. The standard InChI is InChI=1S/C18H24N4O/c1-13-11-17(19-12-14-7-6-10-16(14)23)21-18(20-13)22(2)15-8-4-3-5-9-15/h3-5,8-9,11,14,16,23H,6-7,10,12H2,1-2H3,(H,19,20,21)/t14-,16-/m0/s1. The Bertz CT molecular complexity index is 647. The van der Waals surface area contributed by atoms with Crippen LogP contribution in [-0.2, 0) is 0 Å². The number of hydrogen-bond donors (Lipinski definition) is 2. The zero-order valence-corrected chi connectivity index (χ0v) is 13.7. The Labute approximate surface area is 137 Å². The fourth-order valence-electron chi connectivity index (χ4n) is 3.05. The fraction of sp³-hybridized carbons (Fsp3) is 0.444. The Morgan fingerprint density at radius 1 is 1.22 bits per heavy atom. The van der Waals surface area contributed by atoms with Gasteiger partial charge in [-0.1, -0.05) is 24.6 Å². The maximum atomic E-state index is 9.93. The molecule has 5 nitrogen and oxygen atoms in total. The molecule has 1 aromatic heterocycles. The molecule has 5 heteroatoms. The highest BCUT2D eigenvalue weighted by molar-refractivity contribution is 5.57. The van der Waals surface area contributed by atoms with Gasteiger partial charge in [-0.25, -0.2) is 4.98 Å². The molecule has 3 rings (SSSR count). The van der Waals surface area contributed by atoms with Gasteiger partial charge in [0.2, 0.25) is 5.95 Å². The first-order chi connectivity index (χ1) is 11.1. The normalized spacial score (nSPS) is 20.5. The second-order valence-electron chi connectivity index (χ2n) is 6.23. The number of aryl methyl sites for hydroxylation is 1. The van der Waals surface area contributed by atoms with Gasteiger partial charge in [0, 0.05) is 37.0 Å². The van der Waals surface area contributed by atoms with Crippen molar-refractivity contribution in [2.75, 3.05) is 23.8 Å². The number of benzene rings is 1. The van der Waals surface area contributed by atoms with Crippen molar-refractivity contribution in [2.24, 2.45) is 5.92 Å². The van der Waals surface area contributed by atoms with Crippen LogP contribution in [0.3, 0.4) is 0 Å². The summed E-state index contributed by atoms with van der Waals surface area (Å²) in [7, 11) is 1.97. The van der Waals surface area contributed by atoms with E-state index in [1.54, 1.807) is 0 Å². The molecule has 122 valence electrons. The highest BCUT2D eigenvalue weighted by Gasteiger charge is 2.24. The van der Waals surface area contributed by atoms with Crippen LogP contribution in [0.1, 0.15) is 25.0 Å². The summed E-state index contributed by atoms with van der Waals surface area (Å²) >= 11 is 0. The molecule has 23 heavy (non-hydrogen) atoms. The van der Waals surface area contributed by atoms with Crippen LogP contribution in [0.4, 0.5) is 17.5 Å². The molecule has 2 atom stereocenters. The van der Waals surface area contributed by atoms with Crippen molar-refractivity contribution in [3.05, 3.63) is 42.1 Å². The lowest BCUT2D eigenvalue weighted by Crippen LogP contribution is -2.23. The average molecular weight is 312 g/mol. The van der Waals surface area contributed by atoms with Crippen molar-refractivity contribution in [1.82, 2.24) is 9.97 Å². The summed E-state index contributed by atoms with van der Waals surface area (Å²) in [5.41, 5.74) is 1.97. The average Bonchev–Trinajstić information content (AvgIpc) is 2.98. The predicted molar refractivity (Wildman–Crippen MR) is 93.1 cm³/mol. The number of rotatable bonds is 5. The lowest BCUT2D eigenvalue weighted by atomic mass is 10.1. The van der Waals surface area contributed by atoms with Gasteiger partial charge < -0.3 is 15.3 Å². The predicted octanol–water partition coefficient (Wildman–Crippen LogP) is 3.13. The molecule has 0 unspecified atom stereocenters. The van der Waals surface area contributed by atoms with E-state index in [0.717, 1.165) is 43.0 Å². The number of hydrogen-bond acceptors (Lipinski definition) is 5. The van der Waals surface area contributed by atoms with E-state index in [1.807, 2.05) is 55.3 Å². The molecule has 1 saturated carbocycles. The van der Waals surface area contributed by atoms with Gasteiger partial charge in [-0.2, -0.15) is 4.98 Å². The maximum Gasteiger partial charge on any atom is 0.231 e. The molecule has 0 saturated heterocycles. The SMILES string of the molecule is Cc1cc(NC[C@@H]2CCC[C@@H]2O)nc(N(C)c2ccccc2)n1. The first-order valence-electron chi connectivity index (χ1n) is 8.20. The summed E-state index contributed by atoms with van der Waals surface area (Å²) in [5, 5.41) is 13.3. The van der Waals surface area contributed by atoms with Crippen LogP contribution in [0.15, 0.2) is 36.4 Å². The number of nitrogens with zero attached hydrogens (tertiary/aromatic N) is 3. The van der Waals surface area contributed by atoms with Crippen LogP contribution >= 0.6 is 0 Å². The second kappa shape index (κ2) is 6.96. The topological polar surface area (TPSA) is 61.3 Å². The van der Waals surface area contributed by atoms with Crippen LogP contribution in [0.5, 0.6) is 0 Å². The Morgan fingerprint density at radius 3 is 2.70 bits per heavy atom. The van der Waals surface area contributed by atoms with Gasteiger partial charge >= 0.3 is 0 Å². The lowest BCUT2D eigenvalue weighted by Gasteiger charge is -2.20. The summed E-state index contributed by atoms with van der Waals surface area (Å²) in [6, 6.07) is 12.0. The van der Waals surface area contributed by atoms with Gasteiger partial charge in [-0.05, 0) is 31.9 Å². The van der Waals surface area contributed by atoms with Crippen molar-refractivity contribution in [2.45, 2.75) is 32.3 Å². The van der Waals surface area contributed by atoms with Gasteiger partial charge in [0.1, 0.15) is 5.82 Å². The minimum absolute atomic E-state index is 0.183. The third-order valence-corrected chi connectivity index (χ3v) is 4.45. The molecular weight excluding hydrogens is 288 g/mol. The lowest BCUT2D eigenvalue weighted by molar-refractivity contribution is 0.138. The Balaban J connectivity index is 1.73. The number of para-hydroxylation sites is 1. The van der Waals surface area contributed by atoms with Gasteiger partial charge in [-0.3, -0.25) is 0 Å². The van der Waals surface area contributed by atoms with Crippen LogP contribution in [-0.4, -0.2) is 34.8 Å². The first kappa shape index (κ1) is 15.7. The van der Waals surface area contributed by atoms with E-state index < -0.39 is 0 Å². The molecule has 1 aliphatic rings. The highest BCUT2D eigenvalue weighted by atomic mass is 16.3. The number of aliphatic hydroxyl groups is 1. The van der Waals surface area contributed by atoms with Crippen molar-refractivity contribution in [3.8, 4) is 0 Å². The third-order valence-electron chi connectivity index (χ3n) is 4.45. The van der Waals surface area contributed by atoms with E-state index in [4.69, 9.17) is 0 Å². The molecule has 0 aliphatic heterocycles. The smallest absolute Gasteiger partial charge is 0.231 e. The molecule has 0 radical (unpaired) electrons. The minimum Gasteiger partial charge on any atom is -0.393 e. The molecule has 1 aliphatic carbocycles. The maximum absolute atomic E-state index is 9.93. The Kier molecular flexibility index (Phi) is 4.76. The van der Waals surface area contributed by atoms with Crippen LogP contribution in [0.2, 0.25) is 0 Å². The largest absolute Gasteiger partial charge is 0.393 e. The minimum atomic E-state index is -0.183. The van der Waals surface area contributed by atoms with Gasteiger partial charge in [-0.15, -0.1) is 0 Å². The van der Waals surface area contributed by atoms with E-state index >= 15 is 0 Å². The van der Waals surface area contributed by atoms with E-state index in [2.05, 4.69) is 15.3 Å². The summed E-state index contributed by atoms with van der Waals surface area (Å²) in [6.45, 7) is 2.73. The van der Waals surface area contributed by atoms with Gasteiger partial charge in [0.05, 0.1) is 6.10 Å². The second-order valence-corrected chi connectivity index (χ2v) is 6.23. The molecule has 1 aromatic carbocycles.